The Morgan fingerprint density at radius 2 is 2.25 bits per heavy atom. The molecule has 0 spiro atoms. The number of halogens is 1. The summed E-state index contributed by atoms with van der Waals surface area (Å²) in [6, 6.07) is 0. The van der Waals surface area contributed by atoms with Crippen molar-refractivity contribution >= 4 is 23.4 Å². The second-order valence-corrected chi connectivity index (χ2v) is 3.44. The van der Waals surface area contributed by atoms with Crippen molar-refractivity contribution in [2.75, 3.05) is 6.54 Å². The third-order valence-corrected chi connectivity index (χ3v) is 2.27. The van der Waals surface area contributed by atoms with E-state index < -0.39 is 5.38 Å². The van der Waals surface area contributed by atoms with E-state index in [0.29, 0.717) is 6.54 Å². The maximum Gasteiger partial charge on any atom is 0.247 e. The summed E-state index contributed by atoms with van der Waals surface area (Å²) in [6.07, 6.45) is 2.01. The van der Waals surface area contributed by atoms with Crippen LogP contribution in [0.1, 0.15) is 26.2 Å². The van der Waals surface area contributed by atoms with Gasteiger partial charge in [0.2, 0.25) is 11.8 Å². The minimum atomic E-state index is -0.616. The molecule has 0 bridgehead atoms. The molecule has 0 aromatic rings. The molecule has 1 saturated heterocycles. The first-order valence-corrected chi connectivity index (χ1v) is 4.58. The van der Waals surface area contributed by atoms with Gasteiger partial charge in [0.15, 0.2) is 0 Å². The van der Waals surface area contributed by atoms with Crippen LogP contribution in [-0.4, -0.2) is 28.6 Å². The van der Waals surface area contributed by atoms with E-state index in [1.807, 2.05) is 6.92 Å². The molecule has 1 aliphatic rings. The highest BCUT2D eigenvalue weighted by Gasteiger charge is 2.36. The number of likely N-dealkylation sites (tertiary alicyclic amines) is 1. The van der Waals surface area contributed by atoms with E-state index in [1.54, 1.807) is 0 Å². The molecule has 1 unspecified atom stereocenters. The normalized spacial score (nSPS) is 23.8. The van der Waals surface area contributed by atoms with Crippen LogP contribution in [0.15, 0.2) is 0 Å². The van der Waals surface area contributed by atoms with Crippen molar-refractivity contribution < 1.29 is 9.59 Å². The molecule has 0 saturated carbocycles. The van der Waals surface area contributed by atoms with Crippen molar-refractivity contribution in [1.82, 2.24) is 4.90 Å². The molecule has 1 fully saturated rings. The smallest absolute Gasteiger partial charge is 0.247 e. The van der Waals surface area contributed by atoms with Gasteiger partial charge in [0.25, 0.3) is 0 Å². The van der Waals surface area contributed by atoms with E-state index >= 15 is 0 Å². The minimum absolute atomic E-state index is 0.131. The van der Waals surface area contributed by atoms with Gasteiger partial charge in [-0.25, -0.2) is 0 Å². The molecule has 0 N–H and O–H groups in total. The fourth-order valence-electron chi connectivity index (χ4n) is 1.19. The number of carbonyl (C=O) groups excluding carboxylic acids is 2. The Hall–Kier alpha value is -0.570. The molecule has 0 aromatic heterocycles. The molecule has 12 heavy (non-hydrogen) atoms. The van der Waals surface area contributed by atoms with Gasteiger partial charge in [0.1, 0.15) is 5.38 Å². The standard InChI is InChI=1S/C8H12ClNO2/c1-2-3-4-10-7(11)5-6(9)8(10)12/h6H,2-5H2,1H3. The van der Waals surface area contributed by atoms with Gasteiger partial charge in [-0.1, -0.05) is 13.3 Å². The summed E-state index contributed by atoms with van der Waals surface area (Å²) in [6.45, 7) is 2.54. The molecule has 0 radical (unpaired) electrons. The van der Waals surface area contributed by atoms with Crippen LogP contribution in [-0.2, 0) is 9.59 Å². The topological polar surface area (TPSA) is 37.4 Å². The first kappa shape index (κ1) is 9.52. The summed E-state index contributed by atoms with van der Waals surface area (Å²) in [4.78, 5) is 23.6. The molecule has 1 atom stereocenters. The average Bonchev–Trinajstić information content (AvgIpc) is 2.25. The Morgan fingerprint density at radius 3 is 2.67 bits per heavy atom. The van der Waals surface area contributed by atoms with E-state index in [9.17, 15) is 9.59 Å². The number of alkyl halides is 1. The van der Waals surface area contributed by atoms with Crippen LogP contribution in [0, 0.1) is 0 Å². The molecular formula is C8H12ClNO2. The number of imide groups is 1. The molecule has 4 heteroatoms. The SMILES string of the molecule is CCCCN1C(=O)CC(Cl)C1=O. The van der Waals surface area contributed by atoms with Gasteiger partial charge in [-0.05, 0) is 6.42 Å². The monoisotopic (exact) mass is 189 g/mol. The highest BCUT2D eigenvalue weighted by Crippen LogP contribution is 2.18. The summed E-state index contributed by atoms with van der Waals surface area (Å²) in [5.74, 6) is -0.358. The Morgan fingerprint density at radius 1 is 1.58 bits per heavy atom. The van der Waals surface area contributed by atoms with Crippen molar-refractivity contribution in [3.05, 3.63) is 0 Å². The highest BCUT2D eigenvalue weighted by molar-refractivity contribution is 6.35. The summed E-state index contributed by atoms with van der Waals surface area (Å²) in [5.41, 5.74) is 0. The fourth-order valence-corrected chi connectivity index (χ4v) is 1.44. The van der Waals surface area contributed by atoms with Crippen molar-refractivity contribution in [3.8, 4) is 0 Å². The number of hydrogen-bond donors (Lipinski definition) is 0. The molecule has 0 aliphatic carbocycles. The number of nitrogens with zero attached hydrogens (tertiary/aromatic N) is 1. The van der Waals surface area contributed by atoms with E-state index in [1.165, 1.54) is 4.90 Å². The highest BCUT2D eigenvalue weighted by atomic mass is 35.5. The van der Waals surface area contributed by atoms with Gasteiger partial charge in [-0.3, -0.25) is 14.5 Å². The van der Waals surface area contributed by atoms with E-state index in [0.717, 1.165) is 12.8 Å². The van der Waals surface area contributed by atoms with Crippen molar-refractivity contribution in [1.29, 1.82) is 0 Å². The van der Waals surface area contributed by atoms with Crippen molar-refractivity contribution in [2.24, 2.45) is 0 Å². The second kappa shape index (κ2) is 3.90. The predicted octanol–water partition coefficient (Wildman–Crippen LogP) is 1.15. The summed E-state index contributed by atoms with van der Waals surface area (Å²) >= 11 is 5.62. The van der Waals surface area contributed by atoms with Crippen molar-refractivity contribution in [3.63, 3.8) is 0 Å². The second-order valence-electron chi connectivity index (χ2n) is 2.91. The number of carbonyl (C=O) groups is 2. The van der Waals surface area contributed by atoms with Crippen LogP contribution in [0.25, 0.3) is 0 Å². The minimum Gasteiger partial charge on any atom is -0.281 e. The van der Waals surface area contributed by atoms with Gasteiger partial charge in [0.05, 0.1) is 6.42 Å². The first-order chi connectivity index (χ1) is 5.66. The zero-order valence-corrected chi connectivity index (χ0v) is 7.80. The Balaban J connectivity index is 2.52. The summed E-state index contributed by atoms with van der Waals surface area (Å²) in [7, 11) is 0. The van der Waals surface area contributed by atoms with Crippen LogP contribution in [0.5, 0.6) is 0 Å². The van der Waals surface area contributed by atoms with Crippen LogP contribution in [0.2, 0.25) is 0 Å². The number of hydrogen-bond acceptors (Lipinski definition) is 2. The largest absolute Gasteiger partial charge is 0.281 e. The van der Waals surface area contributed by atoms with Gasteiger partial charge >= 0.3 is 0 Å². The molecular weight excluding hydrogens is 178 g/mol. The van der Waals surface area contributed by atoms with Gasteiger partial charge < -0.3 is 0 Å². The summed E-state index contributed by atoms with van der Waals surface area (Å²) in [5, 5.41) is -0.616. The predicted molar refractivity (Wildman–Crippen MR) is 45.9 cm³/mol. The molecule has 2 amide bonds. The number of rotatable bonds is 3. The zero-order chi connectivity index (χ0) is 9.14. The third kappa shape index (κ3) is 1.78. The van der Waals surface area contributed by atoms with Gasteiger partial charge in [0, 0.05) is 6.54 Å². The van der Waals surface area contributed by atoms with Crippen LogP contribution >= 0.6 is 11.6 Å². The molecule has 1 rings (SSSR count). The van der Waals surface area contributed by atoms with E-state index in [4.69, 9.17) is 11.6 Å². The lowest BCUT2D eigenvalue weighted by molar-refractivity contribution is -0.138. The van der Waals surface area contributed by atoms with Gasteiger partial charge in [-0.15, -0.1) is 11.6 Å². The Labute approximate surface area is 76.7 Å². The van der Waals surface area contributed by atoms with Crippen LogP contribution in [0.3, 0.4) is 0 Å². The third-order valence-electron chi connectivity index (χ3n) is 1.92. The average molecular weight is 190 g/mol. The Kier molecular flexibility index (Phi) is 3.09. The number of amides is 2. The maximum atomic E-state index is 11.2. The zero-order valence-electron chi connectivity index (χ0n) is 7.05. The quantitative estimate of drug-likeness (QED) is 0.494. The lowest BCUT2D eigenvalue weighted by Gasteiger charge is -2.12. The molecule has 68 valence electrons. The van der Waals surface area contributed by atoms with Crippen LogP contribution in [0.4, 0.5) is 0 Å². The molecule has 1 heterocycles. The van der Waals surface area contributed by atoms with E-state index in [2.05, 4.69) is 0 Å². The Bertz CT molecular complexity index is 205. The first-order valence-electron chi connectivity index (χ1n) is 4.15. The number of unbranched alkanes of at least 4 members (excludes halogenated alkanes) is 1. The molecule has 3 nitrogen and oxygen atoms in total. The molecule has 1 aliphatic heterocycles. The summed E-state index contributed by atoms with van der Waals surface area (Å²) < 4.78 is 0. The lowest BCUT2D eigenvalue weighted by atomic mass is 10.3. The van der Waals surface area contributed by atoms with Crippen LogP contribution < -0.4 is 0 Å². The van der Waals surface area contributed by atoms with Crippen molar-refractivity contribution in [2.45, 2.75) is 31.6 Å². The van der Waals surface area contributed by atoms with E-state index in [-0.39, 0.29) is 18.2 Å². The van der Waals surface area contributed by atoms with Gasteiger partial charge in [-0.2, -0.15) is 0 Å². The lowest BCUT2D eigenvalue weighted by Crippen LogP contribution is -2.31. The maximum absolute atomic E-state index is 11.2. The fraction of sp³-hybridized carbons (Fsp3) is 0.750. The molecule has 0 aromatic carbocycles.